The van der Waals surface area contributed by atoms with Gasteiger partial charge in [-0.15, -0.1) is 0 Å². The summed E-state index contributed by atoms with van der Waals surface area (Å²) < 4.78 is 0. The van der Waals surface area contributed by atoms with Crippen LogP contribution in [-0.4, -0.2) is 5.71 Å². The molecule has 1 aliphatic rings. The van der Waals surface area contributed by atoms with Gasteiger partial charge >= 0.3 is 0 Å². The van der Waals surface area contributed by atoms with Crippen LogP contribution in [0.3, 0.4) is 0 Å². The van der Waals surface area contributed by atoms with Crippen molar-refractivity contribution in [2.45, 2.75) is 27.2 Å². The molecule has 1 N–H and O–H groups in total. The molecular formula is C24H23N. The maximum Gasteiger partial charge on any atom is 0.0445 e. The summed E-state index contributed by atoms with van der Waals surface area (Å²) in [4.78, 5) is 0. The molecule has 0 bridgehead atoms. The zero-order chi connectivity index (χ0) is 17.6. The fourth-order valence-corrected chi connectivity index (χ4v) is 3.75. The van der Waals surface area contributed by atoms with E-state index in [-0.39, 0.29) is 5.41 Å². The highest BCUT2D eigenvalue weighted by Gasteiger charge is 2.25. The van der Waals surface area contributed by atoms with E-state index in [2.05, 4.69) is 81.4 Å². The van der Waals surface area contributed by atoms with E-state index in [0.29, 0.717) is 5.71 Å². The first-order valence-electron chi connectivity index (χ1n) is 8.86. The quantitative estimate of drug-likeness (QED) is 0.416. The van der Waals surface area contributed by atoms with E-state index in [1.807, 2.05) is 6.07 Å². The van der Waals surface area contributed by atoms with E-state index in [0.717, 1.165) is 12.0 Å². The predicted octanol–water partition coefficient (Wildman–Crippen LogP) is 6.34. The summed E-state index contributed by atoms with van der Waals surface area (Å²) in [5, 5.41) is 8.70. The van der Waals surface area contributed by atoms with Gasteiger partial charge in [-0.1, -0.05) is 87.5 Å². The van der Waals surface area contributed by atoms with Gasteiger partial charge in [0.2, 0.25) is 0 Å². The first-order valence-corrected chi connectivity index (χ1v) is 8.86. The summed E-state index contributed by atoms with van der Waals surface area (Å²) in [7, 11) is 0. The van der Waals surface area contributed by atoms with Crippen LogP contribution in [0.25, 0.3) is 22.3 Å². The van der Waals surface area contributed by atoms with Crippen LogP contribution in [0.4, 0.5) is 0 Å². The minimum Gasteiger partial charge on any atom is -0.304 e. The Morgan fingerprint density at radius 2 is 1.28 bits per heavy atom. The summed E-state index contributed by atoms with van der Waals surface area (Å²) in [6.07, 6.45) is 0.971. The van der Waals surface area contributed by atoms with Crippen molar-refractivity contribution in [2.24, 2.45) is 5.41 Å². The van der Waals surface area contributed by atoms with E-state index in [9.17, 15) is 0 Å². The molecule has 0 unspecified atom stereocenters. The van der Waals surface area contributed by atoms with Crippen LogP contribution < -0.4 is 0 Å². The maximum atomic E-state index is 8.70. The van der Waals surface area contributed by atoms with Crippen molar-refractivity contribution in [1.82, 2.24) is 0 Å². The van der Waals surface area contributed by atoms with Crippen LogP contribution in [-0.2, 0) is 6.42 Å². The van der Waals surface area contributed by atoms with Gasteiger partial charge in [-0.2, -0.15) is 0 Å². The molecule has 0 spiro atoms. The second-order valence-electron chi connectivity index (χ2n) is 7.84. The molecule has 3 aromatic carbocycles. The van der Waals surface area contributed by atoms with Crippen molar-refractivity contribution in [3.05, 3.63) is 83.4 Å². The van der Waals surface area contributed by atoms with Crippen molar-refractivity contribution in [2.75, 3.05) is 0 Å². The molecule has 0 fully saturated rings. The molecule has 0 aromatic heterocycles. The Morgan fingerprint density at radius 3 is 2.00 bits per heavy atom. The Balaban J connectivity index is 1.91. The summed E-state index contributed by atoms with van der Waals surface area (Å²) in [5.41, 5.74) is 9.47. The fourth-order valence-electron chi connectivity index (χ4n) is 3.75. The number of hydrogen-bond donors (Lipinski definition) is 1. The van der Waals surface area contributed by atoms with Gasteiger partial charge in [0.25, 0.3) is 0 Å². The second kappa shape index (κ2) is 5.70. The predicted molar refractivity (Wildman–Crippen MR) is 106 cm³/mol. The standard InChI is InChI=1S/C24H23N/c1-24(2,3)23(25)21-12-7-6-11-19(21)20-14-8-13-18-17-10-5-4-9-16(17)15-22(18)20/h4-14,25H,15H2,1-3H3. The van der Waals surface area contributed by atoms with E-state index in [4.69, 9.17) is 5.41 Å². The number of rotatable bonds is 2. The van der Waals surface area contributed by atoms with Gasteiger partial charge in [-0.25, -0.2) is 0 Å². The summed E-state index contributed by atoms with van der Waals surface area (Å²) in [6, 6.07) is 23.6. The molecule has 4 rings (SSSR count). The molecule has 1 aliphatic carbocycles. The molecule has 25 heavy (non-hydrogen) atoms. The van der Waals surface area contributed by atoms with Crippen molar-refractivity contribution in [1.29, 1.82) is 5.41 Å². The topological polar surface area (TPSA) is 23.9 Å². The first-order chi connectivity index (χ1) is 12.0. The van der Waals surface area contributed by atoms with E-state index < -0.39 is 0 Å². The lowest BCUT2D eigenvalue weighted by molar-refractivity contribution is 0.588. The van der Waals surface area contributed by atoms with Crippen molar-refractivity contribution >= 4 is 5.71 Å². The zero-order valence-electron chi connectivity index (χ0n) is 15.1. The molecule has 0 aliphatic heterocycles. The normalized spacial score (nSPS) is 12.6. The van der Waals surface area contributed by atoms with Crippen LogP contribution in [0.1, 0.15) is 37.5 Å². The van der Waals surface area contributed by atoms with Gasteiger partial charge < -0.3 is 5.41 Å². The third-order valence-electron chi connectivity index (χ3n) is 5.09. The lowest BCUT2D eigenvalue weighted by Gasteiger charge is -2.23. The van der Waals surface area contributed by atoms with Gasteiger partial charge in [0.05, 0.1) is 0 Å². The van der Waals surface area contributed by atoms with Gasteiger partial charge in [-0.05, 0) is 39.8 Å². The van der Waals surface area contributed by atoms with Gasteiger partial charge in [0.15, 0.2) is 0 Å². The summed E-state index contributed by atoms with van der Waals surface area (Å²) >= 11 is 0. The molecule has 0 saturated heterocycles. The monoisotopic (exact) mass is 325 g/mol. The average Bonchev–Trinajstić information content (AvgIpc) is 2.99. The lowest BCUT2D eigenvalue weighted by Crippen LogP contribution is -2.21. The summed E-state index contributed by atoms with van der Waals surface area (Å²) in [6.45, 7) is 6.33. The van der Waals surface area contributed by atoms with Crippen LogP contribution in [0.2, 0.25) is 0 Å². The van der Waals surface area contributed by atoms with Crippen LogP contribution >= 0.6 is 0 Å². The van der Waals surface area contributed by atoms with E-state index >= 15 is 0 Å². The van der Waals surface area contributed by atoms with Crippen molar-refractivity contribution in [3.63, 3.8) is 0 Å². The SMILES string of the molecule is CC(C)(C)C(=N)c1ccccc1-c1cccc2c1Cc1ccccc1-2. The molecule has 1 heteroatoms. The summed E-state index contributed by atoms with van der Waals surface area (Å²) in [5.74, 6) is 0. The first kappa shape index (κ1) is 15.8. The van der Waals surface area contributed by atoms with Crippen LogP contribution in [0, 0.1) is 10.8 Å². The highest BCUT2D eigenvalue weighted by Crippen LogP contribution is 2.42. The smallest absolute Gasteiger partial charge is 0.0445 e. The second-order valence-corrected chi connectivity index (χ2v) is 7.84. The van der Waals surface area contributed by atoms with Crippen molar-refractivity contribution < 1.29 is 0 Å². The minimum absolute atomic E-state index is 0.170. The fraction of sp³-hybridized carbons (Fsp3) is 0.208. The Hall–Kier alpha value is -2.67. The molecule has 0 amide bonds. The Morgan fingerprint density at radius 1 is 0.720 bits per heavy atom. The van der Waals surface area contributed by atoms with Crippen LogP contribution in [0.15, 0.2) is 66.7 Å². The maximum absolute atomic E-state index is 8.70. The highest BCUT2D eigenvalue weighted by molar-refractivity contribution is 6.07. The Labute approximate surface area is 149 Å². The number of benzene rings is 3. The highest BCUT2D eigenvalue weighted by atomic mass is 14.5. The molecule has 0 radical (unpaired) electrons. The molecular weight excluding hydrogens is 302 g/mol. The van der Waals surface area contributed by atoms with Gasteiger partial charge in [0.1, 0.15) is 0 Å². The van der Waals surface area contributed by atoms with E-state index in [1.54, 1.807) is 0 Å². The number of hydrogen-bond acceptors (Lipinski definition) is 1. The largest absolute Gasteiger partial charge is 0.304 e. The minimum atomic E-state index is -0.170. The molecule has 1 nitrogen and oxygen atoms in total. The van der Waals surface area contributed by atoms with Gasteiger partial charge in [-0.3, -0.25) is 0 Å². The molecule has 124 valence electrons. The molecule has 0 saturated carbocycles. The third kappa shape index (κ3) is 2.60. The Kier molecular flexibility index (Phi) is 3.61. The average molecular weight is 325 g/mol. The van der Waals surface area contributed by atoms with Crippen molar-refractivity contribution in [3.8, 4) is 22.3 Å². The molecule has 3 aromatic rings. The van der Waals surface area contributed by atoms with E-state index in [1.165, 1.54) is 33.4 Å². The number of nitrogens with one attached hydrogen (secondary N) is 1. The molecule has 0 atom stereocenters. The lowest BCUT2D eigenvalue weighted by atomic mass is 9.81. The third-order valence-corrected chi connectivity index (χ3v) is 5.09. The molecule has 0 heterocycles. The van der Waals surface area contributed by atoms with Crippen LogP contribution in [0.5, 0.6) is 0 Å². The zero-order valence-corrected chi connectivity index (χ0v) is 15.1. The Bertz CT molecular complexity index is 973. The van der Waals surface area contributed by atoms with Gasteiger partial charge in [0, 0.05) is 16.7 Å². The number of fused-ring (bicyclic) bond motifs is 3.